The number of cyclic esters (lactones) is 1. The van der Waals surface area contributed by atoms with Crippen LogP contribution in [0.5, 0.6) is 5.75 Å². The number of rotatable bonds is 31. The molecular weight excluding hydrogens is 1060 g/mol. The average molecular weight is 1140 g/mol. The minimum atomic E-state index is -2.35. The van der Waals surface area contributed by atoms with Gasteiger partial charge in [0.15, 0.2) is 18.0 Å². The Morgan fingerprint density at radius 1 is 0.778 bits per heavy atom. The number of pyridine rings is 2. The van der Waals surface area contributed by atoms with Gasteiger partial charge in [-0.2, -0.15) is 0 Å². The highest BCUT2D eigenvalue weighted by Crippen LogP contribution is 2.42. The lowest BCUT2D eigenvalue weighted by atomic mass is 9.78. The quantitative estimate of drug-likeness (QED) is 0.0239. The molecule has 10 N–H and O–H groups in total. The van der Waals surface area contributed by atoms with E-state index in [0.717, 1.165) is 16.5 Å². The highest BCUT2D eigenvalue weighted by molar-refractivity contribution is 5.94. The lowest BCUT2D eigenvalue weighted by Crippen LogP contribution is -2.55. The van der Waals surface area contributed by atoms with Crippen molar-refractivity contribution in [3.8, 4) is 17.1 Å². The van der Waals surface area contributed by atoms with E-state index in [1.54, 1.807) is 25.1 Å². The Hall–Kier alpha value is -7.19. The number of amides is 5. The number of benzene rings is 1. The van der Waals surface area contributed by atoms with Crippen molar-refractivity contribution in [1.29, 1.82) is 0 Å². The molecule has 0 aliphatic carbocycles. The molecule has 25 nitrogen and oxygen atoms in total. The fourth-order valence-corrected chi connectivity index (χ4v) is 9.90. The largest absolute Gasteiger partial charge is 0.508 e. The molecule has 0 radical (unpaired) electrons. The number of phenolic OH excluding ortho intramolecular Hbond substituents is 1. The first-order chi connectivity index (χ1) is 38.3. The number of aryl methyl sites for hydroxylation is 1. The van der Waals surface area contributed by atoms with Crippen LogP contribution in [0.25, 0.3) is 22.3 Å². The predicted octanol–water partition coefficient (Wildman–Crippen LogP) is 0.269. The number of nitrogens with one attached hydrogen (secondary N) is 5. The zero-order valence-electron chi connectivity index (χ0n) is 46.9. The van der Waals surface area contributed by atoms with Crippen LogP contribution in [-0.2, 0) is 82.5 Å². The first-order valence-corrected chi connectivity index (χ1v) is 27.3. The molecule has 7 atom stereocenters. The molecule has 2 unspecified atom stereocenters. The van der Waals surface area contributed by atoms with Crippen LogP contribution in [0.2, 0.25) is 0 Å². The van der Waals surface area contributed by atoms with E-state index in [0.29, 0.717) is 29.7 Å². The molecule has 0 saturated heterocycles. The summed E-state index contributed by atoms with van der Waals surface area (Å²) in [7, 11) is 0. The molecule has 2 aliphatic rings. The molecule has 0 bridgehead atoms. The van der Waals surface area contributed by atoms with Crippen molar-refractivity contribution < 1.29 is 82.9 Å². The number of aliphatic hydroxyl groups is 4. The highest BCUT2D eigenvalue weighted by Gasteiger charge is 2.50. The molecule has 2 aliphatic heterocycles. The number of aliphatic hydroxyl groups excluding tert-OH is 4. The van der Waals surface area contributed by atoms with E-state index in [4.69, 9.17) is 19.2 Å². The Morgan fingerprint density at radius 2 is 1.40 bits per heavy atom. The van der Waals surface area contributed by atoms with Crippen LogP contribution in [0, 0.1) is 11.3 Å². The SMILES string of the molecule is CCc1c2c(nc3ccc(O)cc13)-c1cc3c(c(=O)n1C2)COC(=O)[C@@]3(CC)OC(=O)CCCNC(=O)CC(NC(=O)CCOCCC(C)=O)C(=O)CCCNC(=O)[C@H](O)[C@@H](O)[C@@H](O)[C@H](O)C(=O)NCCNC(=O)C(CC)C(C)(C)C. The summed E-state index contributed by atoms with van der Waals surface area (Å²) in [6.45, 7) is 11.8. The number of esters is 2. The van der Waals surface area contributed by atoms with Crippen LogP contribution < -0.4 is 32.1 Å². The maximum absolute atomic E-state index is 14.1. The maximum Gasteiger partial charge on any atom is 0.355 e. The number of hydrogen-bond acceptors (Lipinski definition) is 19. The molecule has 1 aromatic carbocycles. The number of nitrogens with zero attached hydrogens (tertiary/aromatic N) is 2. The Balaban J connectivity index is 1.13. The molecule has 3 aromatic rings. The minimum Gasteiger partial charge on any atom is -0.508 e. The number of aromatic hydroxyl groups is 1. The van der Waals surface area contributed by atoms with Crippen LogP contribution in [0.15, 0.2) is 29.1 Å². The topological polar surface area (TPSA) is 378 Å². The molecule has 0 spiro atoms. The normalized spacial score (nSPS) is 16.7. The van der Waals surface area contributed by atoms with Crippen LogP contribution in [0.1, 0.15) is 129 Å². The van der Waals surface area contributed by atoms with Crippen molar-refractivity contribution in [2.24, 2.45) is 11.3 Å². The summed E-state index contributed by atoms with van der Waals surface area (Å²) in [5, 5.41) is 64.9. The highest BCUT2D eigenvalue weighted by atomic mass is 16.6. The number of ether oxygens (including phenoxy) is 3. The molecule has 0 saturated carbocycles. The van der Waals surface area contributed by atoms with Gasteiger partial charge < -0.3 is 70.9 Å². The minimum absolute atomic E-state index is 0.00810. The zero-order valence-corrected chi connectivity index (χ0v) is 46.9. The first kappa shape index (κ1) is 64.6. The van der Waals surface area contributed by atoms with Crippen molar-refractivity contribution in [3.05, 3.63) is 56.9 Å². The van der Waals surface area contributed by atoms with Gasteiger partial charge in [-0.25, -0.2) is 9.78 Å². The summed E-state index contributed by atoms with van der Waals surface area (Å²) in [5.41, 5.74) is 0.782. The van der Waals surface area contributed by atoms with Gasteiger partial charge in [0.1, 0.15) is 30.3 Å². The Kier molecular flexibility index (Phi) is 23.1. The summed E-state index contributed by atoms with van der Waals surface area (Å²) in [6, 6.07) is 5.06. The number of carbonyl (C=O) groups is 9. The molecule has 81 heavy (non-hydrogen) atoms. The van der Waals surface area contributed by atoms with Gasteiger partial charge in [0.2, 0.25) is 23.3 Å². The molecule has 444 valence electrons. The second-order valence-corrected chi connectivity index (χ2v) is 21.2. The van der Waals surface area contributed by atoms with Crippen LogP contribution in [0.3, 0.4) is 0 Å². The molecule has 5 amide bonds. The average Bonchev–Trinajstić information content (AvgIpc) is 3.84. The van der Waals surface area contributed by atoms with Crippen molar-refractivity contribution in [2.45, 2.75) is 162 Å². The Morgan fingerprint density at radius 3 is 2.01 bits per heavy atom. The fourth-order valence-electron chi connectivity index (χ4n) is 9.90. The third-order valence-corrected chi connectivity index (χ3v) is 14.4. The lowest BCUT2D eigenvalue weighted by Gasteiger charge is -2.35. The van der Waals surface area contributed by atoms with Crippen molar-refractivity contribution >= 4 is 63.9 Å². The summed E-state index contributed by atoms with van der Waals surface area (Å²) in [6.07, 6.45) is -9.69. The van der Waals surface area contributed by atoms with Gasteiger partial charge in [-0.15, -0.1) is 0 Å². The van der Waals surface area contributed by atoms with Crippen LogP contribution >= 0.6 is 0 Å². The fraction of sp³-hybridized carbons (Fsp3) is 0.589. The third-order valence-electron chi connectivity index (χ3n) is 14.4. The third kappa shape index (κ3) is 16.3. The van der Waals surface area contributed by atoms with Crippen molar-refractivity contribution in [3.63, 3.8) is 0 Å². The van der Waals surface area contributed by atoms with E-state index in [2.05, 4.69) is 26.6 Å². The van der Waals surface area contributed by atoms with Gasteiger partial charge in [0.25, 0.3) is 17.4 Å². The smallest absolute Gasteiger partial charge is 0.355 e. The summed E-state index contributed by atoms with van der Waals surface area (Å²) in [5.74, 6) is -6.71. The van der Waals surface area contributed by atoms with E-state index in [1.807, 2.05) is 34.6 Å². The zero-order chi connectivity index (χ0) is 59.9. The van der Waals surface area contributed by atoms with Crippen LogP contribution in [0.4, 0.5) is 0 Å². The predicted molar refractivity (Wildman–Crippen MR) is 289 cm³/mol. The molecule has 2 aromatic heterocycles. The summed E-state index contributed by atoms with van der Waals surface area (Å²) >= 11 is 0. The van der Waals surface area contributed by atoms with Gasteiger partial charge in [-0.1, -0.05) is 41.5 Å². The number of aromatic nitrogens is 2. The van der Waals surface area contributed by atoms with Gasteiger partial charge in [0.05, 0.1) is 54.7 Å². The molecule has 5 rings (SSSR count). The number of Topliss-reactive ketones (excluding diaryl/α,β-unsaturated/α-hetero) is 2. The number of ketones is 2. The van der Waals surface area contributed by atoms with Gasteiger partial charge in [0, 0.05) is 74.3 Å². The van der Waals surface area contributed by atoms with Gasteiger partial charge in [-0.3, -0.25) is 43.2 Å². The van der Waals surface area contributed by atoms with Gasteiger partial charge in [-0.05, 0) is 74.3 Å². The van der Waals surface area contributed by atoms with E-state index in [-0.39, 0.29) is 137 Å². The summed E-state index contributed by atoms with van der Waals surface area (Å²) < 4.78 is 18.2. The second-order valence-electron chi connectivity index (χ2n) is 21.2. The van der Waals surface area contributed by atoms with Crippen LogP contribution in [-0.4, -0.2) is 158 Å². The Bertz CT molecular complexity index is 2900. The van der Waals surface area contributed by atoms with E-state index >= 15 is 0 Å². The number of phenols is 1. The lowest BCUT2D eigenvalue weighted by molar-refractivity contribution is -0.189. The standard InChI is InChI=1S/C56H77N7O18/c1-8-32-33-25-31(65)15-16-38(33)62-45-34(32)28-63-40(45)26-37-35(53(63)77)29-80-54(78)56(37,10-3)81-44(69)14-12-19-57-43(68)27-39(61-42(67)18-24-79-23-17-30(4)64)41(66)13-11-20-58-51(75)48(72)46(70)47(71)49(73)52(76)60-22-21-59-50(74)36(9-2)55(5,6)7/h15-16,25-26,36,39,46-49,65,70-73H,8-14,17-24,27-29H2,1-7H3,(H,57,68)(H,58,75)(H,59,74)(H,60,76)(H,61,67)/t36?,39?,46-,47+,48+,49-,56-/m0/s1. The number of hydrogen-bond donors (Lipinski definition) is 10. The van der Waals surface area contributed by atoms with E-state index in [1.165, 1.54) is 17.6 Å². The molecule has 0 fully saturated rings. The number of carbonyl (C=O) groups excluding carboxylic acids is 9. The molecular formula is C56H77N7O18. The van der Waals surface area contributed by atoms with Gasteiger partial charge >= 0.3 is 11.9 Å². The second kappa shape index (κ2) is 29.0. The van der Waals surface area contributed by atoms with E-state index in [9.17, 15) is 73.5 Å². The first-order valence-electron chi connectivity index (χ1n) is 27.3. The Labute approximate surface area is 468 Å². The van der Waals surface area contributed by atoms with Crippen molar-refractivity contribution in [2.75, 3.05) is 39.4 Å². The molecule has 25 heteroatoms. The number of fused-ring (bicyclic) bond motifs is 5. The maximum atomic E-state index is 14.1. The van der Waals surface area contributed by atoms with Crippen molar-refractivity contribution in [1.82, 2.24) is 36.1 Å². The summed E-state index contributed by atoms with van der Waals surface area (Å²) in [4.78, 5) is 135. The molecule has 4 heterocycles. The monoisotopic (exact) mass is 1140 g/mol. The van der Waals surface area contributed by atoms with E-state index < -0.39 is 89.4 Å².